The Morgan fingerprint density at radius 1 is 0.971 bits per heavy atom. The largest absolute Gasteiger partial charge is 0.469 e. The molecule has 0 radical (unpaired) electrons. The highest BCUT2D eigenvalue weighted by molar-refractivity contribution is 5.95. The lowest BCUT2D eigenvalue weighted by Crippen LogP contribution is -2.55. The maximum Gasteiger partial charge on any atom is 0.419 e. The van der Waals surface area contributed by atoms with Gasteiger partial charge in [-0.1, -0.05) is 12.1 Å². The van der Waals surface area contributed by atoms with E-state index >= 15 is 0 Å². The van der Waals surface area contributed by atoms with Crippen molar-refractivity contribution < 1.29 is 28.6 Å². The zero-order valence-corrected chi connectivity index (χ0v) is 21.0. The van der Waals surface area contributed by atoms with Crippen LogP contribution in [0.15, 0.2) is 24.4 Å². The van der Waals surface area contributed by atoms with Crippen molar-refractivity contribution in [2.45, 2.75) is 77.5 Å². The van der Waals surface area contributed by atoms with Crippen LogP contribution in [-0.2, 0) is 25.4 Å². The lowest BCUT2D eigenvalue weighted by atomic mass is 9.72. The van der Waals surface area contributed by atoms with E-state index in [9.17, 15) is 14.4 Å². The molecule has 1 aromatic carbocycles. The van der Waals surface area contributed by atoms with E-state index in [2.05, 4.69) is 0 Å². The molecule has 1 aromatic heterocycles. The van der Waals surface area contributed by atoms with Gasteiger partial charge in [-0.15, -0.1) is 0 Å². The van der Waals surface area contributed by atoms with Gasteiger partial charge in [0.15, 0.2) is 0 Å². The van der Waals surface area contributed by atoms with Gasteiger partial charge in [-0.25, -0.2) is 9.59 Å². The lowest BCUT2D eigenvalue weighted by molar-refractivity contribution is -0.148. The van der Waals surface area contributed by atoms with Crippen molar-refractivity contribution in [2.75, 3.05) is 13.7 Å². The first kappa shape index (κ1) is 24.1. The summed E-state index contributed by atoms with van der Waals surface area (Å²) in [5, 5.41) is 0.990. The maximum atomic E-state index is 13.2. The number of esters is 1. The van der Waals surface area contributed by atoms with Gasteiger partial charge in [-0.05, 0) is 71.6 Å². The third-order valence-electron chi connectivity index (χ3n) is 6.34. The topological polar surface area (TPSA) is 87.1 Å². The van der Waals surface area contributed by atoms with Crippen molar-refractivity contribution in [3.63, 3.8) is 0 Å². The van der Waals surface area contributed by atoms with Crippen molar-refractivity contribution in [1.82, 2.24) is 9.47 Å². The van der Waals surface area contributed by atoms with Gasteiger partial charge < -0.3 is 19.1 Å². The Balaban J connectivity index is 1.78. The van der Waals surface area contributed by atoms with Gasteiger partial charge in [0.05, 0.1) is 18.5 Å². The molecule has 1 aliphatic carbocycles. The molecule has 0 bridgehead atoms. The molecule has 0 saturated carbocycles. The Morgan fingerprint density at radius 2 is 1.62 bits per heavy atom. The summed E-state index contributed by atoms with van der Waals surface area (Å²) >= 11 is 0. The van der Waals surface area contributed by atoms with Crippen LogP contribution in [0.3, 0.4) is 0 Å². The van der Waals surface area contributed by atoms with E-state index in [0.717, 1.165) is 22.0 Å². The van der Waals surface area contributed by atoms with Gasteiger partial charge in [-0.3, -0.25) is 9.36 Å². The first-order valence-electron chi connectivity index (χ1n) is 11.7. The van der Waals surface area contributed by atoms with Crippen LogP contribution in [0.1, 0.15) is 65.0 Å². The molecule has 3 atom stereocenters. The molecule has 184 valence electrons. The number of nitrogens with zero attached hydrogens (tertiary/aromatic N) is 2. The molecule has 4 rings (SSSR count). The number of carbonyl (C=O) groups is 3. The first-order valence-corrected chi connectivity index (χ1v) is 11.7. The van der Waals surface area contributed by atoms with Crippen LogP contribution >= 0.6 is 0 Å². The highest BCUT2D eigenvalue weighted by Gasteiger charge is 2.46. The third-order valence-corrected chi connectivity index (χ3v) is 6.34. The van der Waals surface area contributed by atoms with Crippen LogP contribution in [0.4, 0.5) is 9.59 Å². The summed E-state index contributed by atoms with van der Waals surface area (Å²) in [7, 11) is 1.37. The van der Waals surface area contributed by atoms with Crippen molar-refractivity contribution >= 4 is 29.1 Å². The lowest BCUT2D eigenvalue weighted by Gasteiger charge is -2.46. The Bertz CT molecular complexity index is 1140. The summed E-state index contributed by atoms with van der Waals surface area (Å²) < 4.78 is 17.9. The molecule has 0 N–H and O–H groups in total. The molecule has 1 unspecified atom stereocenters. The summed E-state index contributed by atoms with van der Waals surface area (Å²) in [5.41, 5.74) is 1.48. The van der Waals surface area contributed by atoms with Crippen LogP contribution in [0.5, 0.6) is 0 Å². The van der Waals surface area contributed by atoms with Crippen LogP contribution in [-0.4, -0.2) is 58.5 Å². The average molecular weight is 471 g/mol. The smallest absolute Gasteiger partial charge is 0.419 e. The second-order valence-corrected chi connectivity index (χ2v) is 11.2. The Labute approximate surface area is 200 Å². The van der Waals surface area contributed by atoms with E-state index in [4.69, 9.17) is 14.2 Å². The SMILES string of the molecule is COC(=O)[C@H]1CC2c3cccc4c3c(cn4C(=O)OC(C)(C)C)C[C@H]2N(C(=O)OC(C)(C)C)C1. The van der Waals surface area contributed by atoms with Crippen LogP contribution in [0.25, 0.3) is 10.9 Å². The number of fused-ring (bicyclic) bond motifs is 2. The minimum Gasteiger partial charge on any atom is -0.469 e. The number of carbonyl (C=O) groups excluding carboxylic acids is 3. The van der Waals surface area contributed by atoms with Gasteiger partial charge in [-0.2, -0.15) is 0 Å². The molecule has 1 amide bonds. The summed E-state index contributed by atoms with van der Waals surface area (Å²) in [6, 6.07) is 5.64. The molecule has 2 aromatic rings. The van der Waals surface area contributed by atoms with Gasteiger partial charge in [0.1, 0.15) is 11.2 Å². The number of hydrogen-bond donors (Lipinski definition) is 0. The second-order valence-electron chi connectivity index (χ2n) is 11.2. The predicted molar refractivity (Wildman–Crippen MR) is 127 cm³/mol. The van der Waals surface area contributed by atoms with Crippen LogP contribution in [0.2, 0.25) is 0 Å². The molecule has 2 heterocycles. The van der Waals surface area contributed by atoms with Crippen LogP contribution < -0.4 is 0 Å². The number of hydrogen-bond acceptors (Lipinski definition) is 6. The summed E-state index contributed by atoms with van der Waals surface area (Å²) in [5.74, 6) is -0.879. The normalized spacial score (nSPS) is 22.2. The number of aromatic nitrogens is 1. The molecular formula is C26H34N2O6. The molecule has 1 saturated heterocycles. The molecular weight excluding hydrogens is 436 g/mol. The number of amides is 1. The van der Waals surface area contributed by atoms with E-state index in [1.165, 1.54) is 7.11 Å². The average Bonchev–Trinajstić information content (AvgIpc) is 3.10. The van der Waals surface area contributed by atoms with E-state index in [1.807, 2.05) is 65.9 Å². The Hall–Kier alpha value is -3.03. The molecule has 1 aliphatic heterocycles. The third kappa shape index (κ3) is 4.50. The van der Waals surface area contributed by atoms with Gasteiger partial charge in [0, 0.05) is 30.1 Å². The first-order chi connectivity index (χ1) is 15.8. The number of ether oxygens (including phenoxy) is 3. The zero-order chi connectivity index (χ0) is 25.0. The highest BCUT2D eigenvalue weighted by atomic mass is 16.6. The zero-order valence-electron chi connectivity index (χ0n) is 21.0. The molecule has 8 heteroatoms. The van der Waals surface area contributed by atoms with E-state index in [0.29, 0.717) is 12.8 Å². The van der Waals surface area contributed by atoms with E-state index < -0.39 is 29.3 Å². The van der Waals surface area contributed by atoms with Crippen molar-refractivity contribution in [2.24, 2.45) is 5.92 Å². The number of benzene rings is 1. The standard InChI is InChI=1S/C26H34N2O6/c1-25(2,3)33-23(30)27-13-15-12-20-18(17-9-8-10-19(27)21(15)17)11-16(22(29)32-7)14-28(20)24(31)34-26(4,5)6/h8-10,13,16,18,20H,11-12,14H2,1-7H3/t16-,18?,20+/m0/s1. The predicted octanol–water partition coefficient (Wildman–Crippen LogP) is 4.86. The molecule has 1 fully saturated rings. The number of rotatable bonds is 1. The van der Waals surface area contributed by atoms with Crippen molar-refractivity contribution in [3.8, 4) is 0 Å². The van der Waals surface area contributed by atoms with Gasteiger partial charge in [0.25, 0.3) is 0 Å². The minimum absolute atomic E-state index is 0.0870. The fraction of sp³-hybridized carbons (Fsp3) is 0.577. The molecule has 8 nitrogen and oxygen atoms in total. The Morgan fingerprint density at radius 3 is 2.24 bits per heavy atom. The number of methoxy groups -OCH3 is 1. The quantitative estimate of drug-likeness (QED) is 0.437. The van der Waals surface area contributed by atoms with E-state index in [-0.39, 0.29) is 24.5 Å². The maximum absolute atomic E-state index is 13.2. The highest BCUT2D eigenvalue weighted by Crippen LogP contribution is 2.46. The summed E-state index contributed by atoms with van der Waals surface area (Å²) in [6.07, 6.45) is 2.05. The van der Waals surface area contributed by atoms with Gasteiger partial charge >= 0.3 is 18.2 Å². The fourth-order valence-electron chi connectivity index (χ4n) is 5.13. The monoisotopic (exact) mass is 470 g/mol. The number of piperidine rings is 1. The van der Waals surface area contributed by atoms with E-state index in [1.54, 1.807) is 9.47 Å². The van der Waals surface area contributed by atoms with Crippen molar-refractivity contribution in [1.29, 1.82) is 0 Å². The molecule has 2 aliphatic rings. The summed E-state index contributed by atoms with van der Waals surface area (Å²) in [4.78, 5) is 40.4. The minimum atomic E-state index is -0.662. The fourth-order valence-corrected chi connectivity index (χ4v) is 5.13. The van der Waals surface area contributed by atoms with Gasteiger partial charge in [0.2, 0.25) is 0 Å². The molecule has 0 spiro atoms. The molecule has 34 heavy (non-hydrogen) atoms. The second kappa shape index (κ2) is 8.32. The summed E-state index contributed by atoms with van der Waals surface area (Å²) in [6.45, 7) is 11.2. The van der Waals surface area contributed by atoms with Crippen LogP contribution in [0, 0.1) is 5.92 Å². The number of likely N-dealkylation sites (tertiary alicyclic amines) is 1. The van der Waals surface area contributed by atoms with Crippen molar-refractivity contribution in [3.05, 3.63) is 35.5 Å². The Kier molecular flexibility index (Phi) is 5.90.